The van der Waals surface area contributed by atoms with E-state index in [-0.39, 0.29) is 16.7 Å². The normalized spacial score (nSPS) is 10.3. The Bertz CT molecular complexity index is 428. The van der Waals surface area contributed by atoms with Crippen LogP contribution in [0.2, 0.25) is 10.3 Å². The van der Waals surface area contributed by atoms with Crippen LogP contribution in [0.25, 0.3) is 0 Å². The lowest BCUT2D eigenvalue weighted by molar-refractivity contribution is -0.158. The molecule has 0 radical (unpaired) electrons. The predicted octanol–water partition coefficient (Wildman–Crippen LogP) is 1.89. The molecule has 7 heteroatoms. The van der Waals surface area contributed by atoms with Gasteiger partial charge in [-0.05, 0) is 24.1 Å². The maximum Gasteiger partial charge on any atom is 0.320 e. The zero-order valence-corrected chi connectivity index (χ0v) is 11.3. The Balaban J connectivity index is 2.95. The van der Waals surface area contributed by atoms with E-state index in [4.69, 9.17) is 23.2 Å². The number of carbonyl (C=O) groups excluding carboxylic acids is 2. The fourth-order valence-corrected chi connectivity index (χ4v) is 1.92. The first-order valence-corrected chi connectivity index (χ1v) is 5.71. The van der Waals surface area contributed by atoms with Gasteiger partial charge in [0.25, 0.3) is 0 Å². The maximum absolute atomic E-state index is 11.5. The summed E-state index contributed by atoms with van der Waals surface area (Å²) in [5.74, 6) is -2.40. The van der Waals surface area contributed by atoms with Crippen LogP contribution < -0.4 is 0 Å². The molecule has 0 aliphatic rings. The van der Waals surface area contributed by atoms with Crippen molar-refractivity contribution in [3.63, 3.8) is 0 Å². The number of ether oxygens (including phenoxy) is 2. The van der Waals surface area contributed by atoms with E-state index in [1.165, 1.54) is 26.4 Å². The number of pyridine rings is 1. The van der Waals surface area contributed by atoms with Gasteiger partial charge in [-0.2, -0.15) is 0 Å². The Morgan fingerprint density at radius 2 is 1.61 bits per heavy atom. The molecule has 0 spiro atoms. The van der Waals surface area contributed by atoms with E-state index >= 15 is 0 Å². The number of hydrogen-bond acceptors (Lipinski definition) is 5. The fourth-order valence-electron chi connectivity index (χ4n) is 1.42. The topological polar surface area (TPSA) is 65.5 Å². The minimum absolute atomic E-state index is 0.0846. The summed E-state index contributed by atoms with van der Waals surface area (Å²) in [5, 5.41) is 0.372. The van der Waals surface area contributed by atoms with Crippen molar-refractivity contribution in [3.8, 4) is 0 Å². The summed E-state index contributed by atoms with van der Waals surface area (Å²) in [6.07, 6.45) is 0.0846. The van der Waals surface area contributed by atoms with Crippen LogP contribution >= 0.6 is 23.2 Å². The number of aromatic nitrogens is 1. The molecular formula is C11H11Cl2NO4. The molecule has 0 atom stereocenters. The van der Waals surface area contributed by atoms with E-state index in [1.54, 1.807) is 0 Å². The third-order valence-electron chi connectivity index (χ3n) is 2.23. The zero-order chi connectivity index (χ0) is 13.7. The van der Waals surface area contributed by atoms with Crippen molar-refractivity contribution < 1.29 is 19.1 Å². The summed E-state index contributed by atoms with van der Waals surface area (Å²) in [6, 6.07) is 3.04. The Labute approximate surface area is 114 Å². The van der Waals surface area contributed by atoms with E-state index in [0.717, 1.165) is 0 Å². The first kappa shape index (κ1) is 14.7. The summed E-state index contributed by atoms with van der Waals surface area (Å²) in [4.78, 5) is 26.7. The quantitative estimate of drug-likeness (QED) is 0.481. The summed E-state index contributed by atoms with van der Waals surface area (Å²) >= 11 is 11.5. The predicted molar refractivity (Wildman–Crippen MR) is 65.5 cm³/mol. The molecule has 0 unspecified atom stereocenters. The third kappa shape index (κ3) is 3.85. The molecular weight excluding hydrogens is 281 g/mol. The van der Waals surface area contributed by atoms with Crippen LogP contribution in [0.15, 0.2) is 12.1 Å². The minimum Gasteiger partial charge on any atom is -0.468 e. The molecule has 0 fully saturated rings. The van der Waals surface area contributed by atoms with Gasteiger partial charge in [0.1, 0.15) is 10.3 Å². The summed E-state index contributed by atoms with van der Waals surface area (Å²) < 4.78 is 9.09. The number of hydrogen-bond donors (Lipinski definition) is 0. The molecule has 98 valence electrons. The number of halogens is 2. The molecule has 18 heavy (non-hydrogen) atoms. The van der Waals surface area contributed by atoms with Gasteiger partial charge < -0.3 is 9.47 Å². The lowest BCUT2D eigenvalue weighted by Gasteiger charge is -2.12. The van der Waals surface area contributed by atoms with Gasteiger partial charge in [-0.3, -0.25) is 9.59 Å². The van der Waals surface area contributed by atoms with Gasteiger partial charge in [0.05, 0.1) is 14.2 Å². The number of esters is 2. The molecule has 0 aliphatic carbocycles. The van der Waals surface area contributed by atoms with Gasteiger partial charge in [0.15, 0.2) is 5.92 Å². The molecule has 0 saturated heterocycles. The highest BCUT2D eigenvalue weighted by molar-refractivity contribution is 6.32. The highest BCUT2D eigenvalue weighted by Crippen LogP contribution is 2.19. The van der Waals surface area contributed by atoms with Gasteiger partial charge in [0, 0.05) is 0 Å². The van der Waals surface area contributed by atoms with Gasteiger partial charge in [0.2, 0.25) is 0 Å². The molecule has 1 heterocycles. The van der Waals surface area contributed by atoms with Crippen molar-refractivity contribution in [1.29, 1.82) is 0 Å². The second kappa shape index (κ2) is 6.56. The highest BCUT2D eigenvalue weighted by Gasteiger charge is 2.29. The van der Waals surface area contributed by atoms with Crippen LogP contribution in [-0.4, -0.2) is 31.1 Å². The van der Waals surface area contributed by atoms with Crippen molar-refractivity contribution in [3.05, 3.63) is 28.0 Å². The summed E-state index contributed by atoms with van der Waals surface area (Å²) in [5.41, 5.74) is 0.598. The zero-order valence-electron chi connectivity index (χ0n) is 9.78. The van der Waals surface area contributed by atoms with E-state index in [2.05, 4.69) is 14.5 Å². The van der Waals surface area contributed by atoms with Gasteiger partial charge in [-0.1, -0.05) is 23.2 Å². The van der Waals surface area contributed by atoms with Crippen LogP contribution in [0.4, 0.5) is 0 Å². The Morgan fingerprint density at radius 1 is 1.17 bits per heavy atom. The van der Waals surface area contributed by atoms with Crippen molar-refractivity contribution in [2.24, 2.45) is 5.92 Å². The number of rotatable bonds is 4. The Morgan fingerprint density at radius 3 is 2.00 bits per heavy atom. The largest absolute Gasteiger partial charge is 0.468 e. The van der Waals surface area contributed by atoms with E-state index in [1.807, 2.05) is 0 Å². The van der Waals surface area contributed by atoms with Crippen LogP contribution in [0.1, 0.15) is 5.56 Å². The maximum atomic E-state index is 11.5. The minimum atomic E-state index is -1.05. The van der Waals surface area contributed by atoms with Crippen molar-refractivity contribution in [2.75, 3.05) is 14.2 Å². The van der Waals surface area contributed by atoms with Gasteiger partial charge in [-0.25, -0.2) is 4.98 Å². The SMILES string of the molecule is COC(=O)C(Cc1cc(Cl)nc(Cl)c1)C(=O)OC. The summed E-state index contributed by atoms with van der Waals surface area (Å²) in [7, 11) is 2.40. The molecule has 0 bridgehead atoms. The first-order chi connectivity index (χ1) is 8.47. The average Bonchev–Trinajstić information content (AvgIpc) is 2.33. The van der Waals surface area contributed by atoms with Crippen LogP contribution in [0, 0.1) is 5.92 Å². The molecule has 0 aromatic carbocycles. The lowest BCUT2D eigenvalue weighted by Crippen LogP contribution is -2.28. The third-order valence-corrected chi connectivity index (χ3v) is 2.62. The molecule has 1 aromatic rings. The molecule has 0 aliphatic heterocycles. The molecule has 1 rings (SSSR count). The summed E-state index contributed by atoms with van der Waals surface area (Å²) in [6.45, 7) is 0. The van der Waals surface area contributed by atoms with E-state index < -0.39 is 17.9 Å². The second-order valence-electron chi connectivity index (χ2n) is 3.42. The number of carbonyl (C=O) groups is 2. The molecule has 0 N–H and O–H groups in total. The highest BCUT2D eigenvalue weighted by atomic mass is 35.5. The molecule has 0 saturated carbocycles. The fraction of sp³-hybridized carbons (Fsp3) is 0.364. The van der Waals surface area contributed by atoms with Gasteiger partial charge in [-0.15, -0.1) is 0 Å². The molecule has 5 nitrogen and oxygen atoms in total. The number of methoxy groups -OCH3 is 2. The Hall–Kier alpha value is -1.33. The molecule has 0 amide bonds. The first-order valence-electron chi connectivity index (χ1n) is 4.95. The van der Waals surface area contributed by atoms with Crippen molar-refractivity contribution in [1.82, 2.24) is 4.98 Å². The van der Waals surface area contributed by atoms with Crippen molar-refractivity contribution >= 4 is 35.1 Å². The number of nitrogens with zero attached hydrogens (tertiary/aromatic N) is 1. The standard InChI is InChI=1S/C11H11Cl2NO4/c1-17-10(15)7(11(16)18-2)3-6-4-8(12)14-9(13)5-6/h4-5,7H,3H2,1-2H3. The smallest absolute Gasteiger partial charge is 0.320 e. The van der Waals surface area contributed by atoms with Gasteiger partial charge >= 0.3 is 11.9 Å². The Kier molecular flexibility index (Phi) is 5.37. The van der Waals surface area contributed by atoms with Crippen LogP contribution in [0.5, 0.6) is 0 Å². The van der Waals surface area contributed by atoms with E-state index in [0.29, 0.717) is 5.56 Å². The van der Waals surface area contributed by atoms with Crippen LogP contribution in [0.3, 0.4) is 0 Å². The van der Waals surface area contributed by atoms with E-state index in [9.17, 15) is 9.59 Å². The average molecular weight is 292 g/mol. The monoisotopic (exact) mass is 291 g/mol. The van der Waals surface area contributed by atoms with Crippen LogP contribution in [-0.2, 0) is 25.5 Å². The molecule has 1 aromatic heterocycles. The lowest BCUT2D eigenvalue weighted by atomic mass is 10.0. The van der Waals surface area contributed by atoms with Crippen molar-refractivity contribution in [2.45, 2.75) is 6.42 Å². The second-order valence-corrected chi connectivity index (χ2v) is 4.20.